The second-order valence-corrected chi connectivity index (χ2v) is 8.40. The molecule has 0 amide bonds. The lowest BCUT2D eigenvalue weighted by atomic mass is 10.1. The fraction of sp³-hybridized carbons (Fsp3) is 0. The molecule has 0 fully saturated rings. The van der Waals surface area contributed by atoms with Gasteiger partial charge in [0.05, 0.1) is 0 Å². The molecule has 0 saturated carbocycles. The fourth-order valence-electron chi connectivity index (χ4n) is 3.48. The van der Waals surface area contributed by atoms with Crippen LogP contribution in [0.15, 0.2) is 104 Å². The Kier molecular flexibility index (Phi) is 4.46. The number of fused-ring (bicyclic) bond motifs is 3. The van der Waals surface area contributed by atoms with Crippen molar-refractivity contribution < 1.29 is 4.42 Å². The highest BCUT2D eigenvalue weighted by Gasteiger charge is 2.15. The van der Waals surface area contributed by atoms with E-state index in [9.17, 15) is 0 Å². The predicted octanol–water partition coefficient (Wildman–Crippen LogP) is 8.58. The Morgan fingerprint density at radius 3 is 1.71 bits per heavy atom. The third kappa shape index (κ3) is 3.13. The van der Waals surface area contributed by atoms with E-state index in [0.717, 1.165) is 47.9 Å². The topological polar surface area (TPSA) is 16.4 Å². The molecule has 136 valence electrons. The maximum atomic E-state index is 6.00. The van der Waals surface area contributed by atoms with Gasteiger partial charge in [-0.25, -0.2) is 0 Å². The number of halogens is 2. The smallest absolute Gasteiger partial charge is 0.135 e. The monoisotopic (exact) mass is 491 g/mol. The highest BCUT2D eigenvalue weighted by atomic mass is 79.9. The molecular weight excluding hydrogens is 478 g/mol. The molecule has 0 saturated heterocycles. The van der Waals surface area contributed by atoms with Gasteiger partial charge in [-0.15, -0.1) is 0 Å². The van der Waals surface area contributed by atoms with Crippen molar-refractivity contribution in [3.05, 3.63) is 99.9 Å². The Hall–Kier alpha value is -2.56. The number of anilines is 3. The summed E-state index contributed by atoms with van der Waals surface area (Å²) in [7, 11) is 0. The van der Waals surface area contributed by atoms with Gasteiger partial charge in [-0.05, 0) is 72.8 Å². The number of hydrogen-bond donors (Lipinski definition) is 0. The summed E-state index contributed by atoms with van der Waals surface area (Å²) in [5.74, 6) is 0. The first kappa shape index (κ1) is 17.5. The summed E-state index contributed by atoms with van der Waals surface area (Å²) in [6.45, 7) is 0. The summed E-state index contributed by atoms with van der Waals surface area (Å²) in [4.78, 5) is 2.25. The lowest BCUT2D eigenvalue weighted by Gasteiger charge is -2.25. The molecule has 4 heteroatoms. The molecule has 5 aromatic rings. The molecule has 5 rings (SSSR count). The standard InChI is InChI=1S/C24H15Br2NO/c25-16-5-9-18(10-6-16)27(19-11-7-17(26)8-12-19)20-13-14-24-22(15-20)21-3-1-2-4-23(21)28-24/h1-15H. The van der Waals surface area contributed by atoms with Crippen LogP contribution in [0.3, 0.4) is 0 Å². The average Bonchev–Trinajstić information content (AvgIpc) is 3.09. The fourth-order valence-corrected chi connectivity index (χ4v) is 4.01. The normalized spacial score (nSPS) is 11.2. The van der Waals surface area contributed by atoms with Gasteiger partial charge in [-0.3, -0.25) is 0 Å². The van der Waals surface area contributed by atoms with Crippen LogP contribution in [0.1, 0.15) is 0 Å². The van der Waals surface area contributed by atoms with Gasteiger partial charge in [-0.1, -0.05) is 50.1 Å². The first-order chi connectivity index (χ1) is 13.7. The molecule has 0 bridgehead atoms. The van der Waals surface area contributed by atoms with Crippen LogP contribution in [0.5, 0.6) is 0 Å². The molecule has 0 N–H and O–H groups in total. The minimum Gasteiger partial charge on any atom is -0.456 e. The van der Waals surface area contributed by atoms with E-state index < -0.39 is 0 Å². The molecular formula is C24H15Br2NO. The van der Waals surface area contributed by atoms with Gasteiger partial charge < -0.3 is 9.32 Å². The van der Waals surface area contributed by atoms with Gasteiger partial charge >= 0.3 is 0 Å². The molecule has 4 aromatic carbocycles. The molecule has 0 radical (unpaired) electrons. The van der Waals surface area contributed by atoms with Gasteiger partial charge in [0.1, 0.15) is 11.2 Å². The number of hydrogen-bond acceptors (Lipinski definition) is 2. The van der Waals surface area contributed by atoms with Crippen molar-refractivity contribution in [2.45, 2.75) is 0 Å². The number of nitrogens with zero attached hydrogens (tertiary/aromatic N) is 1. The number of rotatable bonds is 3. The number of benzene rings is 4. The maximum Gasteiger partial charge on any atom is 0.135 e. The summed E-state index contributed by atoms with van der Waals surface area (Å²) in [5.41, 5.74) is 5.09. The van der Waals surface area contributed by atoms with Crippen molar-refractivity contribution in [3.8, 4) is 0 Å². The molecule has 1 heterocycles. The van der Waals surface area contributed by atoms with Crippen molar-refractivity contribution in [1.29, 1.82) is 0 Å². The maximum absolute atomic E-state index is 6.00. The van der Waals surface area contributed by atoms with Crippen molar-refractivity contribution in [2.24, 2.45) is 0 Å². The van der Waals surface area contributed by atoms with Gasteiger partial charge in [0.15, 0.2) is 0 Å². The van der Waals surface area contributed by atoms with Crippen LogP contribution in [0.2, 0.25) is 0 Å². The van der Waals surface area contributed by atoms with Crippen molar-refractivity contribution in [3.63, 3.8) is 0 Å². The molecule has 0 aliphatic carbocycles. The third-order valence-corrected chi connectivity index (χ3v) is 5.85. The summed E-state index contributed by atoms with van der Waals surface area (Å²) in [5, 5.41) is 2.25. The summed E-state index contributed by atoms with van der Waals surface area (Å²) in [6, 6.07) is 31.2. The summed E-state index contributed by atoms with van der Waals surface area (Å²) >= 11 is 7.07. The molecule has 0 aliphatic rings. The highest BCUT2D eigenvalue weighted by Crippen LogP contribution is 2.39. The zero-order valence-electron chi connectivity index (χ0n) is 14.8. The molecule has 0 unspecified atom stereocenters. The van der Waals surface area contributed by atoms with E-state index in [1.54, 1.807) is 0 Å². The SMILES string of the molecule is Brc1ccc(N(c2ccc(Br)cc2)c2ccc3oc4ccccc4c3c2)cc1. The van der Waals surface area contributed by atoms with Crippen LogP contribution in [0, 0.1) is 0 Å². The largest absolute Gasteiger partial charge is 0.456 e. The Bertz CT molecular complexity index is 1230. The van der Waals surface area contributed by atoms with Crippen LogP contribution in [-0.2, 0) is 0 Å². The molecule has 0 atom stereocenters. The first-order valence-electron chi connectivity index (χ1n) is 8.92. The Morgan fingerprint density at radius 1 is 0.536 bits per heavy atom. The Balaban J connectivity index is 1.73. The van der Waals surface area contributed by atoms with E-state index in [2.05, 4.69) is 110 Å². The number of para-hydroxylation sites is 1. The van der Waals surface area contributed by atoms with Gasteiger partial charge in [0, 0.05) is 36.8 Å². The van der Waals surface area contributed by atoms with Gasteiger partial charge in [-0.2, -0.15) is 0 Å². The van der Waals surface area contributed by atoms with Gasteiger partial charge in [0.2, 0.25) is 0 Å². The molecule has 0 aliphatic heterocycles. The third-order valence-electron chi connectivity index (χ3n) is 4.79. The molecule has 0 spiro atoms. The Morgan fingerprint density at radius 2 is 1.07 bits per heavy atom. The van der Waals surface area contributed by atoms with Crippen LogP contribution >= 0.6 is 31.9 Å². The lowest BCUT2D eigenvalue weighted by molar-refractivity contribution is 0.669. The highest BCUT2D eigenvalue weighted by molar-refractivity contribution is 9.10. The minimum atomic E-state index is 0.900. The molecule has 1 aromatic heterocycles. The molecule has 2 nitrogen and oxygen atoms in total. The van der Waals surface area contributed by atoms with E-state index >= 15 is 0 Å². The van der Waals surface area contributed by atoms with E-state index in [1.165, 1.54) is 0 Å². The minimum absolute atomic E-state index is 0.900. The second kappa shape index (κ2) is 7.12. The predicted molar refractivity (Wildman–Crippen MR) is 124 cm³/mol. The van der Waals surface area contributed by atoms with Crippen LogP contribution in [0.25, 0.3) is 21.9 Å². The second-order valence-electron chi connectivity index (χ2n) is 6.57. The molecule has 28 heavy (non-hydrogen) atoms. The quantitative estimate of drug-likeness (QED) is 0.250. The van der Waals surface area contributed by atoms with E-state index in [-0.39, 0.29) is 0 Å². The first-order valence-corrected chi connectivity index (χ1v) is 10.5. The summed E-state index contributed by atoms with van der Waals surface area (Å²) in [6.07, 6.45) is 0. The lowest BCUT2D eigenvalue weighted by Crippen LogP contribution is -2.09. The van der Waals surface area contributed by atoms with Gasteiger partial charge in [0.25, 0.3) is 0 Å². The summed E-state index contributed by atoms with van der Waals surface area (Å²) < 4.78 is 8.12. The van der Waals surface area contributed by atoms with E-state index in [0.29, 0.717) is 0 Å². The van der Waals surface area contributed by atoms with E-state index in [4.69, 9.17) is 4.42 Å². The zero-order chi connectivity index (χ0) is 19.1. The van der Waals surface area contributed by atoms with Crippen molar-refractivity contribution in [1.82, 2.24) is 0 Å². The number of furan rings is 1. The van der Waals surface area contributed by atoms with Crippen LogP contribution < -0.4 is 4.90 Å². The van der Waals surface area contributed by atoms with Crippen LogP contribution in [-0.4, -0.2) is 0 Å². The van der Waals surface area contributed by atoms with Crippen molar-refractivity contribution >= 4 is 70.9 Å². The Labute approximate surface area is 179 Å². The zero-order valence-corrected chi connectivity index (χ0v) is 17.9. The average molecular weight is 493 g/mol. The van der Waals surface area contributed by atoms with E-state index in [1.807, 2.05) is 18.2 Å². The van der Waals surface area contributed by atoms with Crippen molar-refractivity contribution in [2.75, 3.05) is 4.90 Å². The van der Waals surface area contributed by atoms with Crippen LogP contribution in [0.4, 0.5) is 17.1 Å².